The molecule has 0 aromatic heterocycles. The highest BCUT2D eigenvalue weighted by Crippen LogP contribution is 2.27. The first-order chi connectivity index (χ1) is 6.83. The molecule has 2 aliphatic heterocycles. The molecule has 0 saturated carbocycles. The van der Waals surface area contributed by atoms with Crippen LogP contribution in [0.5, 0.6) is 0 Å². The summed E-state index contributed by atoms with van der Waals surface area (Å²) in [5, 5.41) is 3.30. The minimum absolute atomic E-state index is 0.437. The Kier molecular flexibility index (Phi) is 3.42. The quantitative estimate of drug-likeness (QED) is 0.727. The SMILES string of the molecule is CNCC1CCCN1C1CCOC1C. The van der Waals surface area contributed by atoms with Crippen LogP contribution in [0.1, 0.15) is 26.2 Å². The van der Waals surface area contributed by atoms with Crippen molar-refractivity contribution < 1.29 is 4.74 Å². The Hall–Kier alpha value is -0.120. The van der Waals surface area contributed by atoms with Crippen LogP contribution in [-0.4, -0.2) is 49.8 Å². The highest BCUT2D eigenvalue weighted by Gasteiger charge is 2.36. The maximum absolute atomic E-state index is 5.64. The van der Waals surface area contributed by atoms with Gasteiger partial charge in [-0.15, -0.1) is 0 Å². The lowest BCUT2D eigenvalue weighted by atomic mass is 10.1. The molecule has 2 saturated heterocycles. The second kappa shape index (κ2) is 4.60. The molecule has 82 valence electrons. The van der Waals surface area contributed by atoms with E-state index in [1.54, 1.807) is 0 Å². The molecule has 0 aromatic rings. The van der Waals surface area contributed by atoms with Gasteiger partial charge in [0.2, 0.25) is 0 Å². The monoisotopic (exact) mass is 198 g/mol. The van der Waals surface area contributed by atoms with E-state index in [9.17, 15) is 0 Å². The predicted molar refractivity (Wildman–Crippen MR) is 57.5 cm³/mol. The van der Waals surface area contributed by atoms with Crippen LogP contribution in [-0.2, 0) is 4.74 Å². The average molecular weight is 198 g/mol. The summed E-state index contributed by atoms with van der Waals surface area (Å²) in [6, 6.07) is 1.42. The van der Waals surface area contributed by atoms with Crippen molar-refractivity contribution in [2.75, 3.05) is 26.7 Å². The van der Waals surface area contributed by atoms with Gasteiger partial charge in [0.05, 0.1) is 6.10 Å². The van der Waals surface area contributed by atoms with Crippen LogP contribution in [0.2, 0.25) is 0 Å². The first kappa shape index (κ1) is 10.4. The summed E-state index contributed by atoms with van der Waals surface area (Å²) in [6.45, 7) is 5.56. The van der Waals surface area contributed by atoms with Crippen LogP contribution in [0.15, 0.2) is 0 Å². The van der Waals surface area contributed by atoms with Gasteiger partial charge in [0.15, 0.2) is 0 Å². The van der Waals surface area contributed by atoms with Crippen LogP contribution in [0.25, 0.3) is 0 Å². The highest BCUT2D eigenvalue weighted by molar-refractivity contribution is 4.90. The molecule has 0 radical (unpaired) electrons. The normalized spacial score (nSPS) is 39.4. The number of nitrogens with zero attached hydrogens (tertiary/aromatic N) is 1. The zero-order valence-electron chi connectivity index (χ0n) is 9.33. The minimum Gasteiger partial charge on any atom is -0.377 e. The Morgan fingerprint density at radius 3 is 2.93 bits per heavy atom. The number of ether oxygens (including phenoxy) is 1. The van der Waals surface area contributed by atoms with Crippen LogP contribution >= 0.6 is 0 Å². The van der Waals surface area contributed by atoms with Gasteiger partial charge in [-0.1, -0.05) is 0 Å². The molecule has 2 rings (SSSR count). The average Bonchev–Trinajstić information content (AvgIpc) is 2.74. The van der Waals surface area contributed by atoms with Crippen molar-refractivity contribution in [1.29, 1.82) is 0 Å². The molecule has 0 aliphatic carbocycles. The maximum atomic E-state index is 5.64. The summed E-state index contributed by atoms with van der Waals surface area (Å²) < 4.78 is 5.64. The number of rotatable bonds is 3. The lowest BCUT2D eigenvalue weighted by Crippen LogP contribution is -2.46. The first-order valence-electron chi connectivity index (χ1n) is 5.85. The van der Waals surface area contributed by atoms with Crippen LogP contribution in [0.3, 0.4) is 0 Å². The Balaban J connectivity index is 1.94. The largest absolute Gasteiger partial charge is 0.377 e. The van der Waals surface area contributed by atoms with E-state index in [0.717, 1.165) is 19.2 Å². The zero-order valence-corrected chi connectivity index (χ0v) is 9.33. The maximum Gasteiger partial charge on any atom is 0.0703 e. The fraction of sp³-hybridized carbons (Fsp3) is 1.00. The summed E-state index contributed by atoms with van der Waals surface area (Å²) in [6.07, 6.45) is 4.37. The Labute approximate surface area is 86.8 Å². The zero-order chi connectivity index (χ0) is 9.97. The molecule has 3 atom stereocenters. The van der Waals surface area contributed by atoms with E-state index in [0.29, 0.717) is 12.1 Å². The Morgan fingerprint density at radius 2 is 2.29 bits per heavy atom. The van der Waals surface area contributed by atoms with Crippen LogP contribution in [0.4, 0.5) is 0 Å². The molecule has 2 heterocycles. The Morgan fingerprint density at radius 1 is 1.43 bits per heavy atom. The molecule has 1 N–H and O–H groups in total. The van der Waals surface area contributed by atoms with Crippen LogP contribution in [0, 0.1) is 0 Å². The molecule has 14 heavy (non-hydrogen) atoms. The summed E-state index contributed by atoms with van der Waals surface area (Å²) in [7, 11) is 2.05. The molecule has 0 aromatic carbocycles. The molecule has 3 nitrogen and oxygen atoms in total. The van der Waals surface area contributed by atoms with E-state index >= 15 is 0 Å². The van der Waals surface area contributed by atoms with Gasteiger partial charge in [-0.2, -0.15) is 0 Å². The van der Waals surface area contributed by atoms with Gasteiger partial charge < -0.3 is 10.1 Å². The van der Waals surface area contributed by atoms with Gasteiger partial charge in [-0.05, 0) is 39.8 Å². The Bertz CT molecular complexity index is 186. The summed E-state index contributed by atoms with van der Waals surface area (Å²) >= 11 is 0. The number of nitrogens with one attached hydrogen (secondary N) is 1. The highest BCUT2D eigenvalue weighted by atomic mass is 16.5. The molecule has 0 amide bonds. The van der Waals surface area contributed by atoms with Gasteiger partial charge in [-0.25, -0.2) is 0 Å². The third kappa shape index (κ3) is 1.95. The number of hydrogen-bond donors (Lipinski definition) is 1. The van der Waals surface area contributed by atoms with Gasteiger partial charge >= 0.3 is 0 Å². The standard InChI is InChI=1S/C11H22N2O/c1-9-11(5-7-14-9)13-6-3-4-10(13)8-12-2/h9-12H,3-8H2,1-2H3. The summed E-state index contributed by atoms with van der Waals surface area (Å²) in [4.78, 5) is 2.66. The van der Waals surface area contributed by atoms with Crippen molar-refractivity contribution in [1.82, 2.24) is 10.2 Å². The van der Waals surface area contributed by atoms with E-state index in [2.05, 4.69) is 17.1 Å². The van der Waals surface area contributed by atoms with E-state index in [4.69, 9.17) is 4.74 Å². The lowest BCUT2D eigenvalue weighted by Gasteiger charge is -2.32. The third-order valence-electron chi connectivity index (χ3n) is 3.62. The van der Waals surface area contributed by atoms with Crippen molar-refractivity contribution >= 4 is 0 Å². The van der Waals surface area contributed by atoms with Crippen molar-refractivity contribution in [3.8, 4) is 0 Å². The number of hydrogen-bond acceptors (Lipinski definition) is 3. The molecular formula is C11H22N2O. The summed E-state index contributed by atoms with van der Waals surface area (Å²) in [5.41, 5.74) is 0. The minimum atomic E-state index is 0.437. The molecule has 2 fully saturated rings. The third-order valence-corrected chi connectivity index (χ3v) is 3.62. The van der Waals surface area contributed by atoms with Gasteiger partial charge in [0.1, 0.15) is 0 Å². The second-order valence-corrected chi connectivity index (χ2v) is 4.52. The van der Waals surface area contributed by atoms with Crippen LogP contribution < -0.4 is 5.32 Å². The smallest absolute Gasteiger partial charge is 0.0703 e. The van der Waals surface area contributed by atoms with Crippen molar-refractivity contribution in [3.05, 3.63) is 0 Å². The molecular weight excluding hydrogens is 176 g/mol. The number of likely N-dealkylation sites (N-methyl/N-ethyl adjacent to an activating group) is 1. The van der Waals surface area contributed by atoms with E-state index in [-0.39, 0.29) is 0 Å². The topological polar surface area (TPSA) is 24.5 Å². The second-order valence-electron chi connectivity index (χ2n) is 4.52. The summed E-state index contributed by atoms with van der Waals surface area (Å²) in [5.74, 6) is 0. The fourth-order valence-corrected chi connectivity index (χ4v) is 2.91. The fourth-order valence-electron chi connectivity index (χ4n) is 2.91. The van der Waals surface area contributed by atoms with Crippen molar-refractivity contribution in [2.24, 2.45) is 0 Å². The molecule has 2 aliphatic rings. The van der Waals surface area contributed by atoms with E-state index < -0.39 is 0 Å². The molecule has 0 bridgehead atoms. The van der Waals surface area contributed by atoms with Gasteiger partial charge in [0.25, 0.3) is 0 Å². The van der Waals surface area contributed by atoms with Gasteiger partial charge in [-0.3, -0.25) is 4.90 Å². The van der Waals surface area contributed by atoms with E-state index in [1.807, 2.05) is 7.05 Å². The molecule has 0 spiro atoms. The van der Waals surface area contributed by atoms with Crippen molar-refractivity contribution in [3.63, 3.8) is 0 Å². The predicted octanol–water partition coefficient (Wildman–Crippen LogP) is 0.848. The molecule has 3 heteroatoms. The first-order valence-corrected chi connectivity index (χ1v) is 5.85. The van der Waals surface area contributed by atoms with Crippen molar-refractivity contribution in [2.45, 2.75) is 44.4 Å². The lowest BCUT2D eigenvalue weighted by molar-refractivity contribution is 0.0688. The number of likely N-dealkylation sites (tertiary alicyclic amines) is 1. The van der Waals surface area contributed by atoms with E-state index in [1.165, 1.54) is 25.8 Å². The molecule has 3 unspecified atom stereocenters. The van der Waals surface area contributed by atoms with Gasteiger partial charge in [0, 0.05) is 25.2 Å².